The molecule has 1 fully saturated rings. The Morgan fingerprint density at radius 1 is 1.37 bits per heavy atom. The number of nitrogens with zero attached hydrogens (tertiary/aromatic N) is 3. The van der Waals surface area contributed by atoms with Crippen molar-refractivity contribution in [3.05, 3.63) is 17.5 Å². The molecule has 0 saturated carbocycles. The number of nitrogens with one attached hydrogen (secondary N) is 2. The molecule has 0 aromatic carbocycles. The molecule has 2 heterocycles. The average molecular weight is 380 g/mol. The summed E-state index contributed by atoms with van der Waals surface area (Å²) in [4.78, 5) is 17.8. The fraction of sp³-hybridized carbons (Fsp3) is 0.737. The summed E-state index contributed by atoms with van der Waals surface area (Å²) in [7, 11) is 1.75. The fourth-order valence-corrected chi connectivity index (χ4v) is 3.29. The zero-order chi connectivity index (χ0) is 19.6. The normalized spacial score (nSPS) is 15.9. The van der Waals surface area contributed by atoms with Gasteiger partial charge in [-0.25, -0.2) is 4.79 Å². The number of aromatic nitrogens is 1. The van der Waals surface area contributed by atoms with Gasteiger partial charge in [0.15, 0.2) is 11.7 Å². The van der Waals surface area contributed by atoms with Crippen LogP contribution < -0.4 is 10.6 Å². The molecule has 0 aliphatic carbocycles. The Morgan fingerprint density at radius 2 is 2.07 bits per heavy atom. The number of carbonyl (C=O) groups is 1. The van der Waals surface area contributed by atoms with Crippen LogP contribution >= 0.6 is 0 Å². The van der Waals surface area contributed by atoms with E-state index >= 15 is 0 Å². The number of guanidine groups is 1. The molecule has 1 aliphatic rings. The van der Waals surface area contributed by atoms with Crippen LogP contribution in [0.1, 0.15) is 63.8 Å². The van der Waals surface area contributed by atoms with E-state index in [9.17, 15) is 4.79 Å². The molecular formula is C19H33N5O3. The van der Waals surface area contributed by atoms with E-state index in [4.69, 9.17) is 9.26 Å². The minimum atomic E-state index is -0.225. The molecule has 0 spiro atoms. The first-order valence-corrected chi connectivity index (χ1v) is 9.95. The number of amides is 1. The highest BCUT2D eigenvalue weighted by Gasteiger charge is 2.24. The van der Waals surface area contributed by atoms with Crippen molar-refractivity contribution in [3.63, 3.8) is 0 Å². The number of ether oxygens (including phenoxy) is 1. The first-order chi connectivity index (χ1) is 13.1. The largest absolute Gasteiger partial charge is 0.450 e. The van der Waals surface area contributed by atoms with Crippen LogP contribution in [0.5, 0.6) is 0 Å². The van der Waals surface area contributed by atoms with Crippen molar-refractivity contribution in [3.8, 4) is 0 Å². The summed E-state index contributed by atoms with van der Waals surface area (Å²) in [6, 6.07) is 2.30. The molecule has 27 heavy (non-hydrogen) atoms. The van der Waals surface area contributed by atoms with Crippen LogP contribution in [0.4, 0.5) is 4.79 Å². The van der Waals surface area contributed by atoms with Gasteiger partial charge in [-0.15, -0.1) is 0 Å². The minimum Gasteiger partial charge on any atom is -0.450 e. The smallest absolute Gasteiger partial charge is 0.409 e. The molecule has 152 valence electrons. The Kier molecular flexibility index (Phi) is 8.42. The van der Waals surface area contributed by atoms with Crippen LogP contribution in [0, 0.1) is 0 Å². The van der Waals surface area contributed by atoms with Gasteiger partial charge in [0.25, 0.3) is 0 Å². The maximum absolute atomic E-state index is 11.8. The zero-order valence-electron chi connectivity index (χ0n) is 17.0. The maximum Gasteiger partial charge on any atom is 0.409 e. The van der Waals surface area contributed by atoms with E-state index in [0.717, 1.165) is 43.1 Å². The predicted octanol–water partition coefficient (Wildman–Crippen LogP) is 2.86. The Bertz CT molecular complexity index is 604. The standard InChI is InChI=1S/C19H33N5O3/c1-5-14(6-2)17-12-16(27-23-17)13-21-18(20-4)22-15-8-10-24(11-9-15)19(25)26-7-3/h12,14-15H,5-11,13H2,1-4H3,(H2,20,21,22). The van der Waals surface area contributed by atoms with Crippen LogP contribution in [-0.2, 0) is 11.3 Å². The number of aliphatic imine (C=N–C) groups is 1. The van der Waals surface area contributed by atoms with Gasteiger partial charge in [-0.3, -0.25) is 4.99 Å². The molecule has 8 heteroatoms. The minimum absolute atomic E-state index is 0.225. The molecule has 0 atom stereocenters. The van der Waals surface area contributed by atoms with Crippen molar-refractivity contribution >= 4 is 12.1 Å². The molecule has 1 aromatic heterocycles. The first-order valence-electron chi connectivity index (χ1n) is 9.95. The number of piperidine rings is 1. The van der Waals surface area contributed by atoms with Gasteiger partial charge in [0.2, 0.25) is 0 Å². The van der Waals surface area contributed by atoms with Crippen molar-refractivity contribution in [2.45, 2.75) is 65.0 Å². The molecule has 1 aliphatic heterocycles. The summed E-state index contributed by atoms with van der Waals surface area (Å²) in [5.41, 5.74) is 1.02. The van der Waals surface area contributed by atoms with Crippen molar-refractivity contribution in [1.29, 1.82) is 0 Å². The Hall–Kier alpha value is -2.25. The summed E-state index contributed by atoms with van der Waals surface area (Å²) in [5, 5.41) is 10.9. The SMILES string of the molecule is CCOC(=O)N1CCC(NC(=NC)NCc2cc(C(CC)CC)no2)CC1. The fourth-order valence-electron chi connectivity index (χ4n) is 3.29. The first kappa shape index (κ1) is 21.1. The highest BCUT2D eigenvalue weighted by Crippen LogP contribution is 2.22. The van der Waals surface area contributed by atoms with E-state index < -0.39 is 0 Å². The van der Waals surface area contributed by atoms with Gasteiger partial charge in [0, 0.05) is 38.2 Å². The monoisotopic (exact) mass is 379 g/mol. The molecule has 2 rings (SSSR count). The second kappa shape index (κ2) is 10.8. The summed E-state index contributed by atoms with van der Waals surface area (Å²) in [5.74, 6) is 1.98. The van der Waals surface area contributed by atoms with Crippen LogP contribution in [0.3, 0.4) is 0 Å². The second-order valence-corrected chi connectivity index (χ2v) is 6.76. The third kappa shape index (κ3) is 6.15. The van der Waals surface area contributed by atoms with Gasteiger partial charge in [-0.1, -0.05) is 19.0 Å². The number of hydrogen-bond acceptors (Lipinski definition) is 5. The molecule has 0 bridgehead atoms. The lowest BCUT2D eigenvalue weighted by Gasteiger charge is -2.32. The number of carbonyl (C=O) groups excluding carboxylic acids is 1. The zero-order valence-corrected chi connectivity index (χ0v) is 17.0. The predicted molar refractivity (Wildman–Crippen MR) is 105 cm³/mol. The maximum atomic E-state index is 11.8. The number of likely N-dealkylation sites (tertiary alicyclic amines) is 1. The van der Waals surface area contributed by atoms with E-state index in [1.165, 1.54) is 0 Å². The van der Waals surface area contributed by atoms with Gasteiger partial charge < -0.3 is 24.8 Å². The topological polar surface area (TPSA) is 92.0 Å². The molecule has 1 aromatic rings. The Labute approximate surface area is 161 Å². The van der Waals surface area contributed by atoms with Crippen LogP contribution in [0.2, 0.25) is 0 Å². The molecule has 8 nitrogen and oxygen atoms in total. The van der Waals surface area contributed by atoms with Crippen LogP contribution in [-0.4, -0.2) is 54.9 Å². The van der Waals surface area contributed by atoms with E-state index in [-0.39, 0.29) is 12.1 Å². The third-order valence-corrected chi connectivity index (χ3v) is 5.00. The molecule has 0 unspecified atom stereocenters. The summed E-state index contributed by atoms with van der Waals surface area (Å²) in [6.45, 7) is 8.48. The van der Waals surface area contributed by atoms with E-state index in [1.807, 2.05) is 13.0 Å². The van der Waals surface area contributed by atoms with Crippen molar-refractivity contribution < 1.29 is 14.1 Å². The van der Waals surface area contributed by atoms with Crippen LogP contribution in [0.15, 0.2) is 15.6 Å². The van der Waals surface area contributed by atoms with Gasteiger partial charge >= 0.3 is 6.09 Å². The number of hydrogen-bond donors (Lipinski definition) is 2. The van der Waals surface area contributed by atoms with Gasteiger partial charge in [0.1, 0.15) is 0 Å². The Balaban J connectivity index is 1.77. The van der Waals surface area contributed by atoms with Gasteiger partial charge in [-0.2, -0.15) is 0 Å². The van der Waals surface area contributed by atoms with Crippen molar-refractivity contribution in [1.82, 2.24) is 20.7 Å². The summed E-state index contributed by atoms with van der Waals surface area (Å²) < 4.78 is 10.5. The second-order valence-electron chi connectivity index (χ2n) is 6.76. The third-order valence-electron chi connectivity index (χ3n) is 5.00. The summed E-state index contributed by atoms with van der Waals surface area (Å²) in [6.07, 6.45) is 3.62. The molecular weight excluding hydrogens is 346 g/mol. The van der Waals surface area contributed by atoms with E-state index in [2.05, 4.69) is 34.6 Å². The van der Waals surface area contributed by atoms with Crippen LogP contribution in [0.25, 0.3) is 0 Å². The molecule has 1 saturated heterocycles. The number of rotatable bonds is 7. The highest BCUT2D eigenvalue weighted by atomic mass is 16.6. The van der Waals surface area contributed by atoms with Gasteiger partial charge in [-0.05, 0) is 32.6 Å². The molecule has 0 radical (unpaired) electrons. The lowest BCUT2D eigenvalue weighted by atomic mass is 9.99. The highest BCUT2D eigenvalue weighted by molar-refractivity contribution is 5.80. The Morgan fingerprint density at radius 3 is 2.67 bits per heavy atom. The van der Waals surface area contributed by atoms with Gasteiger partial charge in [0.05, 0.1) is 18.8 Å². The quantitative estimate of drug-likeness (QED) is 0.559. The molecule has 1 amide bonds. The van der Waals surface area contributed by atoms with E-state index in [0.29, 0.717) is 32.2 Å². The molecule has 2 N–H and O–H groups in total. The van der Waals surface area contributed by atoms with Crippen molar-refractivity contribution in [2.24, 2.45) is 4.99 Å². The lowest BCUT2D eigenvalue weighted by Crippen LogP contribution is -2.49. The summed E-state index contributed by atoms with van der Waals surface area (Å²) >= 11 is 0. The van der Waals surface area contributed by atoms with E-state index in [1.54, 1.807) is 11.9 Å². The van der Waals surface area contributed by atoms with Crippen molar-refractivity contribution in [2.75, 3.05) is 26.7 Å². The lowest BCUT2D eigenvalue weighted by molar-refractivity contribution is 0.0963. The average Bonchev–Trinajstić information content (AvgIpc) is 3.15.